The Hall–Kier alpha value is -1.08. The van der Waals surface area contributed by atoms with Gasteiger partial charge in [-0.05, 0) is 47.7 Å². The first-order chi connectivity index (χ1) is 9.24. The van der Waals surface area contributed by atoms with Crippen LogP contribution in [0.25, 0.3) is 0 Å². The van der Waals surface area contributed by atoms with E-state index in [1.165, 1.54) is 6.33 Å². The molecule has 1 N–H and O–H groups in total. The second kappa shape index (κ2) is 6.91. The molecule has 0 fully saturated rings. The Kier molecular flexibility index (Phi) is 5.21. The summed E-state index contributed by atoms with van der Waals surface area (Å²) >= 11 is 8.13. The molecule has 2 rings (SSSR count). The molecule has 0 aliphatic heterocycles. The number of rotatable bonds is 5. The lowest BCUT2D eigenvalue weighted by atomic mass is 10.2. The standard InChI is InChI=1S/C13H13ClIN3O/c1-2-19-12-4-3-10(5-9(12)6-14)18-13-11(15)7-16-8-17-13/h3-5,7-8H,2,6H2,1H3,(H,16,17,18). The van der Waals surface area contributed by atoms with Gasteiger partial charge in [0.2, 0.25) is 0 Å². The van der Waals surface area contributed by atoms with E-state index in [1.807, 2.05) is 25.1 Å². The van der Waals surface area contributed by atoms with Crippen molar-refractivity contribution in [1.82, 2.24) is 9.97 Å². The van der Waals surface area contributed by atoms with Gasteiger partial charge in [0.1, 0.15) is 17.9 Å². The highest BCUT2D eigenvalue weighted by atomic mass is 127. The van der Waals surface area contributed by atoms with Crippen LogP contribution in [0.5, 0.6) is 5.75 Å². The molecule has 0 atom stereocenters. The Balaban J connectivity index is 2.24. The summed E-state index contributed by atoms with van der Waals surface area (Å²) in [5.74, 6) is 2.01. The van der Waals surface area contributed by atoms with Gasteiger partial charge in [-0.1, -0.05) is 0 Å². The number of halogens is 2. The molecule has 1 aromatic heterocycles. The predicted octanol–water partition coefficient (Wildman–Crippen LogP) is 3.96. The Morgan fingerprint density at radius 3 is 2.95 bits per heavy atom. The van der Waals surface area contributed by atoms with E-state index in [0.29, 0.717) is 12.5 Å². The summed E-state index contributed by atoms with van der Waals surface area (Å²) in [5.41, 5.74) is 1.88. The normalized spacial score (nSPS) is 10.3. The lowest BCUT2D eigenvalue weighted by molar-refractivity contribution is 0.337. The Morgan fingerprint density at radius 1 is 1.42 bits per heavy atom. The number of hydrogen-bond acceptors (Lipinski definition) is 4. The van der Waals surface area contributed by atoms with Gasteiger partial charge in [0.15, 0.2) is 0 Å². The number of nitrogens with one attached hydrogen (secondary N) is 1. The number of anilines is 2. The first kappa shape index (κ1) is 14.3. The number of nitrogens with zero attached hydrogens (tertiary/aromatic N) is 2. The van der Waals surface area contributed by atoms with Gasteiger partial charge in [0, 0.05) is 17.4 Å². The van der Waals surface area contributed by atoms with Gasteiger partial charge in [0.05, 0.1) is 16.1 Å². The third-order valence-electron chi connectivity index (χ3n) is 2.43. The molecule has 0 aliphatic rings. The minimum Gasteiger partial charge on any atom is -0.494 e. The predicted molar refractivity (Wildman–Crippen MR) is 85.2 cm³/mol. The molecule has 1 aromatic carbocycles. The molecule has 0 unspecified atom stereocenters. The van der Waals surface area contributed by atoms with Crippen LogP contribution in [0.2, 0.25) is 0 Å². The Labute approximate surface area is 130 Å². The second-order valence-corrected chi connectivity index (χ2v) is 5.16. The molecule has 0 bridgehead atoms. The van der Waals surface area contributed by atoms with Crippen LogP contribution in [0.3, 0.4) is 0 Å². The maximum absolute atomic E-state index is 5.94. The van der Waals surface area contributed by atoms with E-state index in [-0.39, 0.29) is 0 Å². The van der Waals surface area contributed by atoms with Crippen LogP contribution in [-0.2, 0) is 5.88 Å². The fourth-order valence-corrected chi connectivity index (χ4v) is 2.24. The van der Waals surface area contributed by atoms with Crippen molar-refractivity contribution in [3.05, 3.63) is 39.9 Å². The van der Waals surface area contributed by atoms with Crippen LogP contribution in [-0.4, -0.2) is 16.6 Å². The van der Waals surface area contributed by atoms with Crippen LogP contribution in [0, 0.1) is 3.57 Å². The first-order valence-electron chi connectivity index (χ1n) is 5.78. The molecule has 4 nitrogen and oxygen atoms in total. The first-order valence-corrected chi connectivity index (χ1v) is 7.40. The smallest absolute Gasteiger partial charge is 0.147 e. The molecular formula is C13H13ClIN3O. The molecule has 2 aromatic rings. The van der Waals surface area contributed by atoms with Crippen LogP contribution in [0.15, 0.2) is 30.7 Å². The minimum absolute atomic E-state index is 0.408. The SMILES string of the molecule is CCOc1ccc(Nc2ncncc2I)cc1CCl. The molecule has 19 heavy (non-hydrogen) atoms. The van der Waals surface area contributed by atoms with E-state index in [9.17, 15) is 0 Å². The van der Waals surface area contributed by atoms with Crippen molar-refractivity contribution >= 4 is 45.7 Å². The van der Waals surface area contributed by atoms with Crippen molar-refractivity contribution in [2.75, 3.05) is 11.9 Å². The van der Waals surface area contributed by atoms with E-state index in [1.54, 1.807) is 6.20 Å². The number of aromatic nitrogens is 2. The quantitative estimate of drug-likeness (QED) is 0.621. The molecule has 100 valence electrons. The van der Waals surface area contributed by atoms with Crippen molar-refractivity contribution in [1.29, 1.82) is 0 Å². The monoisotopic (exact) mass is 389 g/mol. The molecular weight excluding hydrogens is 377 g/mol. The van der Waals surface area contributed by atoms with Gasteiger partial charge in [-0.2, -0.15) is 0 Å². The van der Waals surface area contributed by atoms with Gasteiger partial charge >= 0.3 is 0 Å². The highest BCUT2D eigenvalue weighted by Gasteiger charge is 2.06. The molecule has 0 amide bonds. The molecule has 0 aliphatic carbocycles. The maximum atomic E-state index is 5.94. The zero-order valence-corrected chi connectivity index (χ0v) is 13.3. The molecule has 0 saturated carbocycles. The second-order valence-electron chi connectivity index (χ2n) is 3.73. The summed E-state index contributed by atoms with van der Waals surface area (Å²) in [6.45, 7) is 2.58. The van der Waals surface area contributed by atoms with Crippen molar-refractivity contribution in [2.24, 2.45) is 0 Å². The summed E-state index contributed by atoms with van der Waals surface area (Å²) in [6.07, 6.45) is 3.27. The molecule has 0 saturated heterocycles. The van der Waals surface area contributed by atoms with Gasteiger partial charge in [-0.15, -0.1) is 11.6 Å². The zero-order valence-electron chi connectivity index (χ0n) is 10.4. The third kappa shape index (κ3) is 3.70. The van der Waals surface area contributed by atoms with Crippen molar-refractivity contribution < 1.29 is 4.74 Å². The average Bonchev–Trinajstić information content (AvgIpc) is 2.43. The van der Waals surface area contributed by atoms with Crippen LogP contribution in [0.4, 0.5) is 11.5 Å². The molecule has 0 radical (unpaired) electrons. The van der Waals surface area contributed by atoms with E-state index >= 15 is 0 Å². The summed E-state index contributed by atoms with van der Waals surface area (Å²) in [6, 6.07) is 5.83. The van der Waals surface area contributed by atoms with Crippen LogP contribution < -0.4 is 10.1 Å². The van der Waals surface area contributed by atoms with Crippen molar-refractivity contribution in [3.63, 3.8) is 0 Å². The van der Waals surface area contributed by atoms with Crippen molar-refractivity contribution in [3.8, 4) is 5.75 Å². The number of ether oxygens (including phenoxy) is 1. The topological polar surface area (TPSA) is 47.0 Å². The number of hydrogen-bond donors (Lipinski definition) is 1. The average molecular weight is 390 g/mol. The third-order valence-corrected chi connectivity index (χ3v) is 3.51. The summed E-state index contributed by atoms with van der Waals surface area (Å²) in [4.78, 5) is 8.15. The highest BCUT2D eigenvalue weighted by molar-refractivity contribution is 14.1. The number of benzene rings is 1. The van der Waals surface area contributed by atoms with E-state index in [0.717, 1.165) is 26.4 Å². The fourth-order valence-electron chi connectivity index (χ4n) is 1.60. The lowest BCUT2D eigenvalue weighted by Crippen LogP contribution is -1.99. The minimum atomic E-state index is 0.408. The van der Waals surface area contributed by atoms with Gasteiger partial charge in [-0.3, -0.25) is 0 Å². The Bertz CT molecular complexity index is 565. The molecule has 6 heteroatoms. The van der Waals surface area contributed by atoms with E-state index in [4.69, 9.17) is 16.3 Å². The lowest BCUT2D eigenvalue weighted by Gasteiger charge is -2.12. The maximum Gasteiger partial charge on any atom is 0.147 e. The molecule has 0 spiro atoms. The molecule has 1 heterocycles. The highest BCUT2D eigenvalue weighted by Crippen LogP contribution is 2.27. The van der Waals surface area contributed by atoms with Gasteiger partial charge in [0.25, 0.3) is 0 Å². The van der Waals surface area contributed by atoms with E-state index < -0.39 is 0 Å². The zero-order chi connectivity index (χ0) is 13.7. The van der Waals surface area contributed by atoms with Crippen LogP contribution in [0.1, 0.15) is 12.5 Å². The van der Waals surface area contributed by atoms with Crippen molar-refractivity contribution in [2.45, 2.75) is 12.8 Å². The Morgan fingerprint density at radius 2 is 2.26 bits per heavy atom. The number of alkyl halides is 1. The van der Waals surface area contributed by atoms with Gasteiger partial charge < -0.3 is 10.1 Å². The summed E-state index contributed by atoms with van der Waals surface area (Å²) in [5, 5.41) is 3.24. The summed E-state index contributed by atoms with van der Waals surface area (Å²) in [7, 11) is 0. The summed E-state index contributed by atoms with van der Waals surface area (Å²) < 4.78 is 6.48. The van der Waals surface area contributed by atoms with E-state index in [2.05, 4.69) is 37.9 Å². The largest absolute Gasteiger partial charge is 0.494 e. The van der Waals surface area contributed by atoms with Crippen LogP contribution >= 0.6 is 34.2 Å². The fraction of sp³-hybridized carbons (Fsp3) is 0.231. The van der Waals surface area contributed by atoms with Gasteiger partial charge in [-0.25, -0.2) is 9.97 Å².